The molecule has 0 aromatic heterocycles. The summed E-state index contributed by atoms with van der Waals surface area (Å²) in [6.45, 7) is 5.49. The van der Waals surface area contributed by atoms with E-state index in [9.17, 15) is 14.0 Å². The average Bonchev–Trinajstić information content (AvgIpc) is 2.47. The van der Waals surface area contributed by atoms with E-state index >= 15 is 0 Å². The normalized spacial score (nSPS) is 22.5. The van der Waals surface area contributed by atoms with Crippen molar-refractivity contribution in [1.82, 2.24) is 5.32 Å². The number of carbonyl (C=O) groups is 2. The molecule has 1 unspecified atom stereocenters. The lowest BCUT2D eigenvalue weighted by Crippen LogP contribution is -2.44. The molecule has 1 amide bonds. The van der Waals surface area contributed by atoms with Crippen molar-refractivity contribution in [3.8, 4) is 0 Å². The zero-order valence-corrected chi connectivity index (χ0v) is 13.7. The van der Waals surface area contributed by atoms with E-state index < -0.39 is 30.0 Å². The van der Waals surface area contributed by atoms with Crippen molar-refractivity contribution in [2.75, 3.05) is 14.2 Å². The van der Waals surface area contributed by atoms with Gasteiger partial charge in [0, 0.05) is 11.5 Å². The molecule has 1 N–H and O–H groups in total. The maximum atomic E-state index is 14.1. The van der Waals surface area contributed by atoms with E-state index in [2.05, 4.69) is 5.32 Å². The van der Waals surface area contributed by atoms with Crippen LogP contribution >= 0.6 is 0 Å². The minimum Gasteiger partial charge on any atom is -0.498 e. The van der Waals surface area contributed by atoms with Gasteiger partial charge in [0.25, 0.3) is 0 Å². The van der Waals surface area contributed by atoms with Gasteiger partial charge >= 0.3 is 5.97 Å². The third kappa shape index (κ3) is 4.32. The Hall–Kier alpha value is -1.85. The Balaban J connectivity index is 2.88. The summed E-state index contributed by atoms with van der Waals surface area (Å²) in [5, 5.41) is 2.63. The first kappa shape index (κ1) is 18.2. The van der Waals surface area contributed by atoms with Crippen molar-refractivity contribution in [3.63, 3.8) is 0 Å². The Kier molecular flexibility index (Phi) is 6.59. The first-order valence-electron chi connectivity index (χ1n) is 7.30. The molecule has 1 rings (SSSR count). The lowest BCUT2D eigenvalue weighted by atomic mass is 9.89. The van der Waals surface area contributed by atoms with Crippen LogP contribution in [-0.2, 0) is 19.1 Å². The molecule has 0 bridgehead atoms. The molecule has 0 aromatic carbocycles. The molecule has 0 radical (unpaired) electrons. The van der Waals surface area contributed by atoms with E-state index in [0.29, 0.717) is 6.42 Å². The quantitative estimate of drug-likeness (QED) is 0.763. The Morgan fingerprint density at radius 3 is 2.45 bits per heavy atom. The van der Waals surface area contributed by atoms with Crippen LogP contribution in [0.2, 0.25) is 0 Å². The third-order valence-corrected chi connectivity index (χ3v) is 3.62. The SMILES string of the molecule is COC(=O)[C@@H](CC(C)C)NC(=O)C1=CC=C(OC)[C@@H](F)C1C. The maximum absolute atomic E-state index is 14.1. The third-order valence-electron chi connectivity index (χ3n) is 3.62. The van der Waals surface area contributed by atoms with Crippen molar-refractivity contribution >= 4 is 11.9 Å². The summed E-state index contributed by atoms with van der Waals surface area (Å²) in [5.74, 6) is -1.21. The van der Waals surface area contributed by atoms with Crippen LogP contribution in [0.15, 0.2) is 23.5 Å². The number of carbonyl (C=O) groups excluding carboxylic acids is 2. The summed E-state index contributed by atoms with van der Waals surface area (Å²) in [4.78, 5) is 24.1. The fourth-order valence-electron chi connectivity index (χ4n) is 2.35. The number of hydrogen-bond acceptors (Lipinski definition) is 4. The minimum atomic E-state index is -1.38. The number of hydrogen-bond donors (Lipinski definition) is 1. The van der Waals surface area contributed by atoms with Gasteiger partial charge in [-0.1, -0.05) is 20.8 Å². The first-order chi connectivity index (χ1) is 10.3. The van der Waals surface area contributed by atoms with Crippen LogP contribution < -0.4 is 5.32 Å². The molecule has 1 aliphatic rings. The lowest BCUT2D eigenvalue weighted by Gasteiger charge is -2.26. The Labute approximate surface area is 130 Å². The fraction of sp³-hybridized carbons (Fsp3) is 0.625. The Bertz CT molecular complexity index is 485. The minimum absolute atomic E-state index is 0.191. The van der Waals surface area contributed by atoms with E-state index in [4.69, 9.17) is 9.47 Å². The van der Waals surface area contributed by atoms with Crippen molar-refractivity contribution in [2.24, 2.45) is 11.8 Å². The van der Waals surface area contributed by atoms with Gasteiger partial charge in [0.1, 0.15) is 11.8 Å². The zero-order chi connectivity index (χ0) is 16.9. The predicted octanol–water partition coefficient (Wildman–Crippen LogP) is 2.13. The number of ether oxygens (including phenoxy) is 2. The fourth-order valence-corrected chi connectivity index (χ4v) is 2.35. The van der Waals surface area contributed by atoms with Crippen molar-refractivity contribution in [2.45, 2.75) is 39.4 Å². The number of halogens is 1. The highest BCUT2D eigenvalue weighted by Gasteiger charge is 2.33. The number of rotatable bonds is 6. The molecule has 0 aromatic rings. The molecule has 0 fully saturated rings. The van der Waals surface area contributed by atoms with E-state index in [1.807, 2.05) is 13.8 Å². The molecule has 5 nitrogen and oxygen atoms in total. The second-order valence-corrected chi connectivity index (χ2v) is 5.76. The topological polar surface area (TPSA) is 64.6 Å². The number of alkyl halides is 1. The number of nitrogens with one attached hydrogen (secondary N) is 1. The largest absolute Gasteiger partial charge is 0.498 e. The van der Waals surface area contributed by atoms with Crippen LogP contribution in [0.1, 0.15) is 27.2 Å². The van der Waals surface area contributed by atoms with Gasteiger partial charge in [-0.3, -0.25) is 4.79 Å². The van der Waals surface area contributed by atoms with Crippen LogP contribution in [0.25, 0.3) is 0 Å². The molecule has 22 heavy (non-hydrogen) atoms. The van der Waals surface area contributed by atoms with Gasteiger partial charge < -0.3 is 14.8 Å². The second kappa shape index (κ2) is 7.96. The average molecular weight is 313 g/mol. The summed E-state index contributed by atoms with van der Waals surface area (Å²) in [6, 6.07) is -0.739. The second-order valence-electron chi connectivity index (χ2n) is 5.76. The molecular formula is C16H24FNO4. The number of allylic oxidation sites excluding steroid dienone is 3. The molecule has 6 heteroatoms. The van der Waals surface area contributed by atoms with Gasteiger partial charge in [0.05, 0.1) is 14.2 Å². The summed E-state index contributed by atoms with van der Waals surface area (Å²) in [5.41, 5.74) is 0.283. The van der Waals surface area contributed by atoms with Gasteiger partial charge in [-0.15, -0.1) is 0 Å². The smallest absolute Gasteiger partial charge is 0.328 e. The molecular weight excluding hydrogens is 289 g/mol. The summed E-state index contributed by atoms with van der Waals surface area (Å²) < 4.78 is 23.8. The molecule has 0 saturated heterocycles. The lowest BCUT2D eigenvalue weighted by molar-refractivity contribution is -0.145. The standard InChI is InChI=1S/C16H24FNO4/c1-9(2)8-12(16(20)22-5)18-15(19)11-6-7-13(21-4)14(17)10(11)3/h6-7,9-10,12,14H,8H2,1-5H3,(H,18,19)/t10?,12-,14+/m1/s1. The molecule has 0 aliphatic heterocycles. The van der Waals surface area contributed by atoms with Crippen molar-refractivity contribution in [1.29, 1.82) is 0 Å². The summed E-state index contributed by atoms with van der Waals surface area (Å²) in [6.07, 6.45) is 2.05. The molecule has 0 saturated carbocycles. The van der Waals surface area contributed by atoms with E-state index in [1.54, 1.807) is 6.92 Å². The monoisotopic (exact) mass is 313 g/mol. The van der Waals surface area contributed by atoms with Crippen LogP contribution in [-0.4, -0.2) is 38.3 Å². The van der Waals surface area contributed by atoms with Crippen LogP contribution in [0, 0.1) is 11.8 Å². The highest BCUT2D eigenvalue weighted by atomic mass is 19.1. The predicted molar refractivity (Wildman–Crippen MR) is 80.6 cm³/mol. The highest BCUT2D eigenvalue weighted by molar-refractivity contribution is 5.97. The molecule has 124 valence electrons. The van der Waals surface area contributed by atoms with Gasteiger partial charge in [0.15, 0.2) is 6.17 Å². The van der Waals surface area contributed by atoms with Crippen molar-refractivity contribution in [3.05, 3.63) is 23.5 Å². The summed E-state index contributed by atoms with van der Waals surface area (Å²) >= 11 is 0. The number of amides is 1. The Morgan fingerprint density at radius 2 is 1.95 bits per heavy atom. The van der Waals surface area contributed by atoms with Crippen LogP contribution in [0.5, 0.6) is 0 Å². The molecule has 3 atom stereocenters. The van der Waals surface area contributed by atoms with Crippen LogP contribution in [0.4, 0.5) is 4.39 Å². The number of methoxy groups -OCH3 is 2. The molecule has 0 heterocycles. The first-order valence-corrected chi connectivity index (χ1v) is 7.30. The number of esters is 1. The van der Waals surface area contributed by atoms with E-state index in [0.717, 1.165) is 0 Å². The van der Waals surface area contributed by atoms with Gasteiger partial charge in [0.2, 0.25) is 5.91 Å². The van der Waals surface area contributed by atoms with Gasteiger partial charge in [-0.25, -0.2) is 9.18 Å². The van der Waals surface area contributed by atoms with Gasteiger partial charge in [-0.05, 0) is 24.5 Å². The molecule has 0 spiro atoms. The zero-order valence-electron chi connectivity index (χ0n) is 13.7. The maximum Gasteiger partial charge on any atom is 0.328 e. The summed E-state index contributed by atoms with van der Waals surface area (Å²) in [7, 11) is 2.66. The van der Waals surface area contributed by atoms with Crippen LogP contribution in [0.3, 0.4) is 0 Å². The van der Waals surface area contributed by atoms with E-state index in [1.165, 1.54) is 26.4 Å². The highest BCUT2D eigenvalue weighted by Crippen LogP contribution is 2.28. The van der Waals surface area contributed by atoms with E-state index in [-0.39, 0.29) is 17.3 Å². The van der Waals surface area contributed by atoms with Gasteiger partial charge in [-0.2, -0.15) is 0 Å². The molecule has 1 aliphatic carbocycles. The Morgan fingerprint density at radius 1 is 1.32 bits per heavy atom. The van der Waals surface area contributed by atoms with Crippen molar-refractivity contribution < 1.29 is 23.5 Å².